The van der Waals surface area contributed by atoms with E-state index in [4.69, 9.17) is 9.47 Å². The lowest BCUT2D eigenvalue weighted by Gasteiger charge is -2.26. The molecule has 1 aliphatic heterocycles. The van der Waals surface area contributed by atoms with Gasteiger partial charge in [0, 0.05) is 38.1 Å². The summed E-state index contributed by atoms with van der Waals surface area (Å²) in [5.74, 6) is 0.479. The van der Waals surface area contributed by atoms with Crippen LogP contribution in [0.2, 0.25) is 0 Å². The number of fused-ring (bicyclic) bond motifs is 1. The highest BCUT2D eigenvalue weighted by Crippen LogP contribution is 2.29. The zero-order valence-electron chi connectivity index (χ0n) is 16.9. The Balaban J connectivity index is 1.41. The summed E-state index contributed by atoms with van der Waals surface area (Å²) in [5, 5.41) is 4.77. The van der Waals surface area contributed by atoms with Crippen molar-refractivity contribution in [3.63, 3.8) is 0 Å². The van der Waals surface area contributed by atoms with Gasteiger partial charge >= 0.3 is 12.3 Å². The fraction of sp³-hybridized carbons (Fsp3) is 0.350. The van der Waals surface area contributed by atoms with Gasteiger partial charge in [0.1, 0.15) is 12.1 Å². The second-order valence-corrected chi connectivity index (χ2v) is 7.04. The predicted molar refractivity (Wildman–Crippen MR) is 110 cm³/mol. The lowest BCUT2D eigenvalue weighted by atomic mass is 10.3. The van der Waals surface area contributed by atoms with E-state index in [-0.39, 0.29) is 17.6 Å². The molecule has 0 bridgehead atoms. The molecule has 2 N–H and O–H groups in total. The van der Waals surface area contributed by atoms with E-state index in [1.165, 1.54) is 40.5 Å². The fourth-order valence-electron chi connectivity index (χ4n) is 3.29. The number of rotatable bonds is 6. The molecular weight excluding hydrogens is 429 g/mol. The molecule has 0 radical (unpaired) electrons. The molecule has 12 heteroatoms. The molecule has 1 fully saturated rings. The van der Waals surface area contributed by atoms with Gasteiger partial charge in [-0.1, -0.05) is 0 Å². The van der Waals surface area contributed by atoms with E-state index in [0.29, 0.717) is 36.5 Å². The van der Waals surface area contributed by atoms with E-state index < -0.39 is 6.30 Å². The van der Waals surface area contributed by atoms with Crippen molar-refractivity contribution in [3.8, 4) is 11.6 Å². The number of alkyl halides is 3. The minimum atomic E-state index is -4.52. The molecule has 170 valence electrons. The molecule has 0 saturated carbocycles. The first-order chi connectivity index (χ1) is 15.4. The SMILES string of the molecule is O=C(NCCN1CCOCC1)n1ccc2c(Oc3ccc(NC(F)(F)F)cc3)ncnc21. The first kappa shape index (κ1) is 21.8. The highest BCUT2D eigenvalue weighted by molar-refractivity contribution is 5.91. The van der Waals surface area contributed by atoms with Gasteiger partial charge < -0.3 is 14.8 Å². The van der Waals surface area contributed by atoms with Crippen LogP contribution in [0.3, 0.4) is 0 Å². The number of hydrogen-bond acceptors (Lipinski definition) is 7. The molecular formula is C20H21F3N6O3. The normalized spacial score (nSPS) is 15.0. The highest BCUT2D eigenvalue weighted by Gasteiger charge is 2.26. The molecule has 0 atom stereocenters. The Labute approximate surface area is 181 Å². The van der Waals surface area contributed by atoms with E-state index in [0.717, 1.165) is 19.6 Å². The van der Waals surface area contributed by atoms with Crippen LogP contribution in [0, 0.1) is 0 Å². The van der Waals surface area contributed by atoms with Crippen molar-refractivity contribution in [2.24, 2.45) is 0 Å². The number of morpholine rings is 1. The van der Waals surface area contributed by atoms with E-state index in [2.05, 4.69) is 20.2 Å². The summed E-state index contributed by atoms with van der Waals surface area (Å²) in [7, 11) is 0. The Hall–Kier alpha value is -3.38. The molecule has 32 heavy (non-hydrogen) atoms. The van der Waals surface area contributed by atoms with E-state index in [1.54, 1.807) is 12.3 Å². The van der Waals surface area contributed by atoms with Crippen LogP contribution in [-0.2, 0) is 4.74 Å². The Morgan fingerprint density at radius 3 is 2.59 bits per heavy atom. The van der Waals surface area contributed by atoms with Crippen LogP contribution in [0.15, 0.2) is 42.9 Å². The third-order valence-electron chi connectivity index (χ3n) is 4.83. The summed E-state index contributed by atoms with van der Waals surface area (Å²) in [5.41, 5.74) is 0.242. The van der Waals surface area contributed by atoms with Gasteiger partial charge in [0.2, 0.25) is 5.88 Å². The van der Waals surface area contributed by atoms with Crippen molar-refractivity contribution in [2.45, 2.75) is 6.30 Å². The van der Waals surface area contributed by atoms with Crippen molar-refractivity contribution >= 4 is 22.8 Å². The van der Waals surface area contributed by atoms with Crippen LogP contribution in [0.4, 0.5) is 23.7 Å². The number of halogens is 3. The van der Waals surface area contributed by atoms with Gasteiger partial charge in [-0.25, -0.2) is 14.8 Å². The van der Waals surface area contributed by atoms with Crippen LogP contribution in [0.5, 0.6) is 11.6 Å². The third kappa shape index (κ3) is 5.45. The molecule has 1 aliphatic rings. The highest BCUT2D eigenvalue weighted by atomic mass is 19.4. The maximum absolute atomic E-state index is 12.6. The second kappa shape index (κ2) is 9.40. The molecule has 9 nitrogen and oxygen atoms in total. The molecule has 3 heterocycles. The maximum atomic E-state index is 12.6. The van der Waals surface area contributed by atoms with E-state index in [9.17, 15) is 18.0 Å². The smallest absolute Gasteiger partial charge is 0.438 e. The molecule has 3 aromatic rings. The minimum absolute atomic E-state index is 0.113. The van der Waals surface area contributed by atoms with Crippen molar-refractivity contribution in [3.05, 3.63) is 42.9 Å². The zero-order chi connectivity index (χ0) is 22.6. The van der Waals surface area contributed by atoms with Crippen LogP contribution in [0.25, 0.3) is 11.0 Å². The number of benzene rings is 1. The van der Waals surface area contributed by atoms with Crippen LogP contribution in [-0.4, -0.2) is 71.2 Å². The third-order valence-corrected chi connectivity index (χ3v) is 4.83. The number of ether oxygens (including phenoxy) is 2. The van der Waals surface area contributed by atoms with E-state index in [1.807, 2.05) is 0 Å². The van der Waals surface area contributed by atoms with Crippen molar-refractivity contribution < 1.29 is 27.4 Å². The Morgan fingerprint density at radius 1 is 1.12 bits per heavy atom. The van der Waals surface area contributed by atoms with Gasteiger partial charge in [-0.2, -0.15) is 13.2 Å². The second-order valence-electron chi connectivity index (χ2n) is 7.04. The van der Waals surface area contributed by atoms with Crippen LogP contribution < -0.4 is 15.4 Å². The predicted octanol–water partition coefficient (Wildman–Crippen LogP) is 3.05. The fourth-order valence-corrected chi connectivity index (χ4v) is 3.29. The molecule has 1 aromatic carbocycles. The number of anilines is 1. The summed E-state index contributed by atoms with van der Waals surface area (Å²) >= 11 is 0. The first-order valence-electron chi connectivity index (χ1n) is 9.92. The lowest BCUT2D eigenvalue weighted by molar-refractivity contribution is -0.0999. The quantitative estimate of drug-likeness (QED) is 0.558. The zero-order valence-corrected chi connectivity index (χ0v) is 16.9. The molecule has 0 aliphatic carbocycles. The minimum Gasteiger partial charge on any atom is -0.438 e. The first-order valence-corrected chi connectivity index (χ1v) is 9.92. The molecule has 1 amide bonds. The molecule has 2 aromatic heterocycles. The molecule has 0 spiro atoms. The molecule has 1 saturated heterocycles. The van der Waals surface area contributed by atoms with Crippen LogP contribution >= 0.6 is 0 Å². The monoisotopic (exact) mass is 450 g/mol. The summed E-state index contributed by atoms with van der Waals surface area (Å²) in [6.07, 6.45) is -1.70. The Morgan fingerprint density at radius 2 is 1.88 bits per heavy atom. The van der Waals surface area contributed by atoms with Crippen molar-refractivity contribution in [1.29, 1.82) is 0 Å². The van der Waals surface area contributed by atoms with Crippen molar-refractivity contribution in [1.82, 2.24) is 24.8 Å². The Kier molecular flexibility index (Phi) is 6.42. The van der Waals surface area contributed by atoms with Gasteiger partial charge in [-0.15, -0.1) is 0 Å². The number of nitrogens with zero attached hydrogens (tertiary/aromatic N) is 4. The lowest BCUT2D eigenvalue weighted by Crippen LogP contribution is -2.42. The average molecular weight is 450 g/mol. The van der Waals surface area contributed by atoms with Gasteiger partial charge in [0.15, 0.2) is 5.65 Å². The summed E-state index contributed by atoms with van der Waals surface area (Å²) in [6, 6.07) is 6.57. The van der Waals surface area contributed by atoms with Crippen molar-refractivity contribution in [2.75, 3.05) is 44.7 Å². The number of carbonyl (C=O) groups excluding carboxylic acids is 1. The maximum Gasteiger partial charge on any atom is 0.482 e. The van der Waals surface area contributed by atoms with Crippen LogP contribution in [0.1, 0.15) is 0 Å². The number of nitrogens with one attached hydrogen (secondary N) is 2. The van der Waals surface area contributed by atoms with E-state index >= 15 is 0 Å². The summed E-state index contributed by atoms with van der Waals surface area (Å²) in [4.78, 5) is 23.1. The number of amides is 1. The Bertz CT molecular complexity index is 1060. The standard InChI is InChI=1S/C20H21F3N6O3/c21-20(22,23)27-14-1-3-15(4-2-14)32-18-16-5-7-29(17(16)25-13-26-18)19(30)24-6-8-28-9-11-31-12-10-28/h1-5,7,13,27H,6,8-12H2,(H,24,30). The summed E-state index contributed by atoms with van der Waals surface area (Å²) in [6.45, 7) is 4.25. The number of hydrogen-bond donors (Lipinski definition) is 2. The molecule has 4 rings (SSSR count). The largest absolute Gasteiger partial charge is 0.482 e. The van der Waals surface area contributed by atoms with Gasteiger partial charge in [0.25, 0.3) is 0 Å². The summed E-state index contributed by atoms with van der Waals surface area (Å²) < 4.78 is 49.6. The number of carbonyl (C=O) groups is 1. The molecule has 0 unspecified atom stereocenters. The van der Waals surface area contributed by atoms with Gasteiger partial charge in [-0.3, -0.25) is 14.8 Å². The van der Waals surface area contributed by atoms with Gasteiger partial charge in [-0.05, 0) is 30.3 Å². The number of aromatic nitrogens is 3. The van der Waals surface area contributed by atoms with Gasteiger partial charge in [0.05, 0.1) is 18.6 Å². The average Bonchev–Trinajstić information content (AvgIpc) is 3.20. The topological polar surface area (TPSA) is 93.5 Å².